The zero-order valence-electron chi connectivity index (χ0n) is 16.6. The number of nitrogens with zero attached hydrogens (tertiary/aromatic N) is 5. The Hall–Kier alpha value is -2.94. The summed E-state index contributed by atoms with van der Waals surface area (Å²) in [5.74, 6) is 2.05. The minimum absolute atomic E-state index is 0.0264. The molecule has 1 fully saturated rings. The first-order valence-electron chi connectivity index (χ1n) is 9.38. The molecule has 9 nitrogen and oxygen atoms in total. The van der Waals surface area contributed by atoms with Gasteiger partial charge in [-0.2, -0.15) is 15.0 Å². The number of rotatable bonds is 6. The summed E-state index contributed by atoms with van der Waals surface area (Å²) in [6.45, 7) is 7.39. The van der Waals surface area contributed by atoms with Crippen LogP contribution in [-0.4, -0.2) is 63.9 Å². The topological polar surface area (TPSA) is 109 Å². The quantitative estimate of drug-likeness (QED) is 0.770. The van der Waals surface area contributed by atoms with E-state index >= 15 is 0 Å². The molecule has 0 aliphatic carbocycles. The molecular formula is C19H27N7O2. The number of para-hydroxylation sites is 2. The molecule has 9 heteroatoms. The lowest BCUT2D eigenvalue weighted by Gasteiger charge is -2.35. The molecule has 2 heterocycles. The highest BCUT2D eigenvalue weighted by Crippen LogP contribution is 2.25. The monoisotopic (exact) mass is 385 g/mol. The summed E-state index contributed by atoms with van der Waals surface area (Å²) in [6, 6.07) is 7.52. The third kappa shape index (κ3) is 4.86. The van der Waals surface area contributed by atoms with Crippen molar-refractivity contribution in [1.29, 1.82) is 0 Å². The van der Waals surface area contributed by atoms with E-state index in [1.54, 1.807) is 7.11 Å². The van der Waals surface area contributed by atoms with Crippen LogP contribution < -0.4 is 15.8 Å². The molecule has 0 bridgehead atoms. The Morgan fingerprint density at radius 3 is 2.57 bits per heavy atom. The summed E-state index contributed by atoms with van der Waals surface area (Å²) in [5, 5.41) is 3.14. The molecule has 1 amide bonds. The Kier molecular flexibility index (Phi) is 6.25. The van der Waals surface area contributed by atoms with Gasteiger partial charge in [0.05, 0.1) is 19.3 Å². The number of nitrogens with two attached hydrogens (primary N) is 1. The number of ether oxygens (including phenoxy) is 1. The molecule has 1 aromatic carbocycles. The van der Waals surface area contributed by atoms with E-state index < -0.39 is 0 Å². The van der Waals surface area contributed by atoms with Crippen molar-refractivity contribution in [3.63, 3.8) is 0 Å². The number of nitrogens with one attached hydrogen (secondary N) is 1. The summed E-state index contributed by atoms with van der Waals surface area (Å²) in [6.07, 6.45) is 0. The lowest BCUT2D eigenvalue weighted by molar-refractivity contribution is -0.136. The highest BCUT2D eigenvalue weighted by atomic mass is 16.5. The van der Waals surface area contributed by atoms with Crippen molar-refractivity contribution < 1.29 is 9.53 Å². The summed E-state index contributed by atoms with van der Waals surface area (Å²) >= 11 is 0. The van der Waals surface area contributed by atoms with Crippen molar-refractivity contribution in [2.45, 2.75) is 20.4 Å². The van der Waals surface area contributed by atoms with Crippen LogP contribution in [0.25, 0.3) is 0 Å². The Labute approximate surface area is 164 Å². The Morgan fingerprint density at radius 2 is 1.89 bits per heavy atom. The van der Waals surface area contributed by atoms with E-state index in [2.05, 4.69) is 25.2 Å². The molecule has 0 unspecified atom stereocenters. The van der Waals surface area contributed by atoms with Crippen LogP contribution >= 0.6 is 0 Å². The number of amides is 1. The van der Waals surface area contributed by atoms with Crippen LogP contribution in [-0.2, 0) is 11.3 Å². The normalized spacial score (nSPS) is 14.9. The van der Waals surface area contributed by atoms with Crippen LogP contribution in [0.1, 0.15) is 19.7 Å². The van der Waals surface area contributed by atoms with Gasteiger partial charge in [-0.1, -0.05) is 26.0 Å². The van der Waals surface area contributed by atoms with Gasteiger partial charge in [0.25, 0.3) is 0 Å². The molecule has 1 saturated heterocycles. The fourth-order valence-electron chi connectivity index (χ4n) is 3.12. The number of hydrogen-bond donors (Lipinski definition) is 2. The van der Waals surface area contributed by atoms with Crippen molar-refractivity contribution in [2.75, 3.05) is 44.3 Å². The number of hydrogen-bond acceptors (Lipinski definition) is 8. The van der Waals surface area contributed by atoms with Crippen LogP contribution in [0.2, 0.25) is 0 Å². The molecular weight excluding hydrogens is 358 g/mol. The maximum atomic E-state index is 12.1. The SMILES string of the molecule is COc1ccccc1Nc1nc(N)nc(CN2CCN(C(=O)C(C)C)CC2)n1. The van der Waals surface area contributed by atoms with Crippen LogP contribution in [0.15, 0.2) is 24.3 Å². The molecule has 1 aliphatic heterocycles. The van der Waals surface area contributed by atoms with E-state index in [-0.39, 0.29) is 17.8 Å². The summed E-state index contributed by atoms with van der Waals surface area (Å²) in [7, 11) is 1.61. The number of piperazine rings is 1. The van der Waals surface area contributed by atoms with Gasteiger partial charge in [0.1, 0.15) is 11.6 Å². The fourth-order valence-corrected chi connectivity index (χ4v) is 3.12. The number of carbonyl (C=O) groups excluding carboxylic acids is 1. The minimum Gasteiger partial charge on any atom is -0.495 e. The molecule has 2 aromatic rings. The van der Waals surface area contributed by atoms with Gasteiger partial charge in [0, 0.05) is 32.1 Å². The fraction of sp³-hybridized carbons (Fsp3) is 0.474. The number of aromatic nitrogens is 3. The largest absolute Gasteiger partial charge is 0.495 e. The standard InChI is InChI=1S/C19H27N7O2/c1-13(2)17(27)26-10-8-25(9-11-26)12-16-22-18(20)24-19(23-16)21-14-6-4-5-7-15(14)28-3/h4-7,13H,8-12H2,1-3H3,(H3,20,21,22,23,24). The number of methoxy groups -OCH3 is 1. The van der Waals surface area contributed by atoms with Crippen molar-refractivity contribution in [1.82, 2.24) is 24.8 Å². The van der Waals surface area contributed by atoms with Crippen molar-refractivity contribution in [3.8, 4) is 5.75 Å². The second-order valence-electron chi connectivity index (χ2n) is 7.01. The van der Waals surface area contributed by atoms with E-state index in [4.69, 9.17) is 10.5 Å². The minimum atomic E-state index is 0.0264. The maximum absolute atomic E-state index is 12.1. The lowest BCUT2D eigenvalue weighted by atomic mass is 10.1. The number of nitrogen functional groups attached to an aromatic ring is 1. The first-order valence-corrected chi connectivity index (χ1v) is 9.38. The Bertz CT molecular complexity index is 820. The lowest BCUT2D eigenvalue weighted by Crippen LogP contribution is -2.49. The molecule has 3 rings (SSSR count). The molecule has 28 heavy (non-hydrogen) atoms. The second kappa shape index (κ2) is 8.83. The van der Waals surface area contributed by atoms with Gasteiger partial charge < -0.3 is 20.7 Å². The Morgan fingerprint density at radius 1 is 1.18 bits per heavy atom. The molecule has 1 aromatic heterocycles. The number of anilines is 3. The van der Waals surface area contributed by atoms with Crippen LogP contribution in [0.3, 0.4) is 0 Å². The highest BCUT2D eigenvalue weighted by Gasteiger charge is 2.23. The van der Waals surface area contributed by atoms with Gasteiger partial charge in [0.2, 0.25) is 17.8 Å². The van der Waals surface area contributed by atoms with Crippen molar-refractivity contribution >= 4 is 23.5 Å². The smallest absolute Gasteiger partial charge is 0.232 e. The summed E-state index contributed by atoms with van der Waals surface area (Å²) in [5.41, 5.74) is 6.63. The average molecular weight is 385 g/mol. The molecule has 0 atom stereocenters. The average Bonchev–Trinajstić information content (AvgIpc) is 2.68. The van der Waals surface area contributed by atoms with Gasteiger partial charge in [-0.05, 0) is 12.1 Å². The second-order valence-corrected chi connectivity index (χ2v) is 7.01. The molecule has 150 valence electrons. The zero-order chi connectivity index (χ0) is 20.1. The zero-order valence-corrected chi connectivity index (χ0v) is 16.6. The van der Waals surface area contributed by atoms with E-state index in [0.29, 0.717) is 37.2 Å². The van der Waals surface area contributed by atoms with E-state index in [9.17, 15) is 4.79 Å². The summed E-state index contributed by atoms with van der Waals surface area (Å²) < 4.78 is 5.34. The predicted octanol–water partition coefficient (Wildman–Crippen LogP) is 1.51. The van der Waals surface area contributed by atoms with Gasteiger partial charge in [-0.25, -0.2) is 0 Å². The van der Waals surface area contributed by atoms with Gasteiger partial charge >= 0.3 is 0 Å². The van der Waals surface area contributed by atoms with Crippen LogP contribution in [0, 0.1) is 5.92 Å². The molecule has 0 saturated carbocycles. The number of carbonyl (C=O) groups is 1. The van der Waals surface area contributed by atoms with Crippen LogP contribution in [0.5, 0.6) is 5.75 Å². The van der Waals surface area contributed by atoms with E-state index in [1.807, 2.05) is 43.0 Å². The maximum Gasteiger partial charge on any atom is 0.232 e. The molecule has 0 radical (unpaired) electrons. The van der Waals surface area contributed by atoms with Crippen LogP contribution in [0.4, 0.5) is 17.6 Å². The first-order chi connectivity index (χ1) is 13.5. The van der Waals surface area contributed by atoms with Crippen molar-refractivity contribution in [3.05, 3.63) is 30.1 Å². The predicted molar refractivity (Wildman–Crippen MR) is 107 cm³/mol. The number of benzene rings is 1. The third-order valence-electron chi connectivity index (χ3n) is 4.60. The van der Waals surface area contributed by atoms with Gasteiger partial charge in [0.15, 0.2) is 0 Å². The van der Waals surface area contributed by atoms with E-state index in [0.717, 1.165) is 18.8 Å². The molecule has 1 aliphatic rings. The molecule has 0 spiro atoms. The summed E-state index contributed by atoms with van der Waals surface area (Å²) in [4.78, 5) is 29.2. The molecule has 3 N–H and O–H groups in total. The first kappa shape index (κ1) is 19.8. The van der Waals surface area contributed by atoms with Gasteiger partial charge in [-0.3, -0.25) is 9.69 Å². The van der Waals surface area contributed by atoms with Gasteiger partial charge in [-0.15, -0.1) is 0 Å². The Balaban J connectivity index is 1.65. The van der Waals surface area contributed by atoms with Crippen molar-refractivity contribution in [2.24, 2.45) is 5.92 Å². The third-order valence-corrected chi connectivity index (χ3v) is 4.60. The van der Waals surface area contributed by atoms with E-state index in [1.165, 1.54) is 0 Å². The highest BCUT2D eigenvalue weighted by molar-refractivity contribution is 5.78.